The molecule has 7 heteroatoms. The standard InChI is InChI=1S/C12H22N2O5/c1-14(8-10-2-5-18-6-3-10)12(17)13-4-7-19-9-11(15)16/h10H,2-9H2,1H3,(H,13,17)(H,15,16). The van der Waals surface area contributed by atoms with E-state index in [2.05, 4.69) is 5.32 Å². The molecule has 0 aromatic carbocycles. The molecule has 1 heterocycles. The molecule has 1 fully saturated rings. The summed E-state index contributed by atoms with van der Waals surface area (Å²) in [6, 6.07) is -0.162. The van der Waals surface area contributed by atoms with Crippen molar-refractivity contribution >= 4 is 12.0 Å². The monoisotopic (exact) mass is 274 g/mol. The van der Waals surface area contributed by atoms with Crippen LogP contribution in [0.4, 0.5) is 4.79 Å². The lowest BCUT2D eigenvalue weighted by Crippen LogP contribution is -2.42. The van der Waals surface area contributed by atoms with Crippen molar-refractivity contribution in [1.82, 2.24) is 10.2 Å². The second-order valence-corrected chi connectivity index (χ2v) is 4.61. The summed E-state index contributed by atoms with van der Waals surface area (Å²) in [4.78, 5) is 23.6. The molecule has 0 saturated carbocycles. The molecule has 7 nitrogen and oxygen atoms in total. The average molecular weight is 274 g/mol. The first-order valence-corrected chi connectivity index (χ1v) is 6.46. The lowest BCUT2D eigenvalue weighted by atomic mass is 10.0. The third-order valence-electron chi connectivity index (χ3n) is 2.97. The number of aliphatic carboxylic acids is 1. The van der Waals surface area contributed by atoms with Gasteiger partial charge in [0, 0.05) is 33.4 Å². The highest BCUT2D eigenvalue weighted by Crippen LogP contribution is 2.15. The first kappa shape index (κ1) is 15.7. The molecule has 0 aromatic rings. The van der Waals surface area contributed by atoms with Gasteiger partial charge >= 0.3 is 12.0 Å². The van der Waals surface area contributed by atoms with Crippen molar-refractivity contribution in [3.63, 3.8) is 0 Å². The van der Waals surface area contributed by atoms with E-state index in [1.165, 1.54) is 0 Å². The van der Waals surface area contributed by atoms with E-state index in [1.54, 1.807) is 11.9 Å². The Labute approximate surface area is 112 Å². The molecule has 1 rings (SSSR count). The second kappa shape index (κ2) is 8.71. The maximum atomic E-state index is 11.7. The number of ether oxygens (including phenoxy) is 2. The zero-order valence-electron chi connectivity index (χ0n) is 11.3. The van der Waals surface area contributed by atoms with Crippen molar-refractivity contribution < 1.29 is 24.2 Å². The SMILES string of the molecule is CN(CC1CCOCC1)C(=O)NCCOCC(=O)O. The van der Waals surface area contributed by atoms with Crippen molar-refractivity contribution in [2.24, 2.45) is 5.92 Å². The van der Waals surface area contributed by atoms with Gasteiger partial charge in [0.05, 0.1) is 6.61 Å². The summed E-state index contributed by atoms with van der Waals surface area (Å²) in [6.07, 6.45) is 1.97. The van der Waals surface area contributed by atoms with Gasteiger partial charge in [0.15, 0.2) is 0 Å². The maximum Gasteiger partial charge on any atom is 0.329 e. The number of urea groups is 1. The number of carboxylic acids is 1. The quantitative estimate of drug-likeness (QED) is 0.645. The van der Waals surface area contributed by atoms with Crippen molar-refractivity contribution in [3.8, 4) is 0 Å². The number of carbonyl (C=O) groups excluding carboxylic acids is 1. The van der Waals surface area contributed by atoms with Gasteiger partial charge in [-0.25, -0.2) is 9.59 Å². The van der Waals surface area contributed by atoms with Crippen LogP contribution in [-0.2, 0) is 14.3 Å². The molecule has 19 heavy (non-hydrogen) atoms. The number of carbonyl (C=O) groups is 2. The molecule has 1 saturated heterocycles. The number of hydrogen-bond acceptors (Lipinski definition) is 4. The highest BCUT2D eigenvalue weighted by atomic mass is 16.5. The largest absolute Gasteiger partial charge is 0.480 e. The number of nitrogens with one attached hydrogen (secondary N) is 1. The van der Waals surface area contributed by atoms with Crippen LogP contribution in [0.2, 0.25) is 0 Å². The predicted octanol–water partition coefficient (Wildman–Crippen LogP) is 0.156. The fraction of sp³-hybridized carbons (Fsp3) is 0.833. The Bertz CT molecular complexity index is 292. The van der Waals surface area contributed by atoms with Crippen LogP contribution >= 0.6 is 0 Å². The molecule has 2 amide bonds. The molecule has 0 radical (unpaired) electrons. The van der Waals surface area contributed by atoms with Crippen LogP contribution in [0.3, 0.4) is 0 Å². The summed E-state index contributed by atoms with van der Waals surface area (Å²) >= 11 is 0. The Hall–Kier alpha value is -1.34. The minimum Gasteiger partial charge on any atom is -0.480 e. The number of amides is 2. The van der Waals surface area contributed by atoms with Crippen LogP contribution in [0.1, 0.15) is 12.8 Å². The van der Waals surface area contributed by atoms with E-state index < -0.39 is 5.97 Å². The van der Waals surface area contributed by atoms with Crippen LogP contribution in [-0.4, -0.2) is 68.6 Å². The molecule has 0 spiro atoms. The van der Waals surface area contributed by atoms with Gasteiger partial charge in [-0.1, -0.05) is 0 Å². The van der Waals surface area contributed by atoms with Crippen molar-refractivity contribution in [1.29, 1.82) is 0 Å². The summed E-state index contributed by atoms with van der Waals surface area (Å²) < 4.78 is 10.1. The average Bonchev–Trinajstić information content (AvgIpc) is 2.38. The zero-order valence-corrected chi connectivity index (χ0v) is 11.3. The highest BCUT2D eigenvalue weighted by molar-refractivity contribution is 5.73. The van der Waals surface area contributed by atoms with Gasteiger partial charge in [-0.05, 0) is 18.8 Å². The second-order valence-electron chi connectivity index (χ2n) is 4.61. The van der Waals surface area contributed by atoms with Gasteiger partial charge in [-0.2, -0.15) is 0 Å². The molecule has 0 aliphatic carbocycles. The van der Waals surface area contributed by atoms with Crippen LogP contribution < -0.4 is 5.32 Å². The van der Waals surface area contributed by atoms with Crippen molar-refractivity contribution in [2.75, 3.05) is 46.6 Å². The van der Waals surface area contributed by atoms with Crippen LogP contribution in [0.25, 0.3) is 0 Å². The molecular formula is C12H22N2O5. The molecule has 1 aliphatic rings. The van der Waals surface area contributed by atoms with Gasteiger partial charge < -0.3 is 24.8 Å². The van der Waals surface area contributed by atoms with E-state index >= 15 is 0 Å². The Morgan fingerprint density at radius 1 is 1.42 bits per heavy atom. The van der Waals surface area contributed by atoms with Crippen LogP contribution in [0.15, 0.2) is 0 Å². The first-order valence-electron chi connectivity index (χ1n) is 6.46. The summed E-state index contributed by atoms with van der Waals surface area (Å²) in [5.41, 5.74) is 0. The molecule has 0 bridgehead atoms. The molecule has 0 atom stereocenters. The van der Waals surface area contributed by atoms with Gasteiger partial charge in [0.2, 0.25) is 0 Å². The lowest BCUT2D eigenvalue weighted by molar-refractivity contribution is -0.142. The third-order valence-corrected chi connectivity index (χ3v) is 2.97. The summed E-state index contributed by atoms with van der Waals surface area (Å²) in [7, 11) is 1.75. The van der Waals surface area contributed by atoms with E-state index in [4.69, 9.17) is 14.6 Å². The Kier molecular flexibility index (Phi) is 7.20. The molecule has 0 aromatic heterocycles. The number of nitrogens with zero attached hydrogens (tertiary/aromatic N) is 1. The predicted molar refractivity (Wildman–Crippen MR) is 68.0 cm³/mol. The van der Waals surface area contributed by atoms with E-state index in [0.717, 1.165) is 26.1 Å². The summed E-state index contributed by atoms with van der Waals surface area (Å²) in [5, 5.41) is 11.0. The summed E-state index contributed by atoms with van der Waals surface area (Å²) in [6.45, 7) is 2.42. The summed E-state index contributed by atoms with van der Waals surface area (Å²) in [5.74, 6) is -0.518. The Morgan fingerprint density at radius 2 is 2.11 bits per heavy atom. The van der Waals surface area contributed by atoms with Gasteiger partial charge in [0.25, 0.3) is 0 Å². The van der Waals surface area contributed by atoms with E-state index in [1.807, 2.05) is 0 Å². The normalized spacial score (nSPS) is 16.1. The number of hydrogen-bond donors (Lipinski definition) is 2. The molecule has 1 aliphatic heterocycles. The Balaban J connectivity index is 2.08. The third kappa shape index (κ3) is 6.97. The highest BCUT2D eigenvalue weighted by Gasteiger charge is 2.18. The molecule has 110 valence electrons. The zero-order chi connectivity index (χ0) is 14.1. The first-order chi connectivity index (χ1) is 9.09. The van der Waals surface area contributed by atoms with Crippen molar-refractivity contribution in [3.05, 3.63) is 0 Å². The molecule has 0 unspecified atom stereocenters. The fourth-order valence-corrected chi connectivity index (χ4v) is 1.92. The maximum absolute atomic E-state index is 11.7. The fourth-order valence-electron chi connectivity index (χ4n) is 1.92. The number of rotatable bonds is 7. The molecular weight excluding hydrogens is 252 g/mol. The van der Waals surface area contributed by atoms with E-state index in [-0.39, 0.29) is 19.2 Å². The van der Waals surface area contributed by atoms with E-state index in [9.17, 15) is 9.59 Å². The molecule has 2 N–H and O–H groups in total. The van der Waals surface area contributed by atoms with Crippen molar-refractivity contribution in [2.45, 2.75) is 12.8 Å². The topological polar surface area (TPSA) is 88.1 Å². The van der Waals surface area contributed by atoms with Gasteiger partial charge in [-0.15, -0.1) is 0 Å². The number of carboxylic acid groups (broad SMARTS) is 1. The lowest BCUT2D eigenvalue weighted by Gasteiger charge is -2.27. The van der Waals surface area contributed by atoms with Gasteiger partial charge in [0.1, 0.15) is 6.61 Å². The smallest absolute Gasteiger partial charge is 0.329 e. The van der Waals surface area contributed by atoms with Gasteiger partial charge in [-0.3, -0.25) is 0 Å². The van der Waals surface area contributed by atoms with Crippen LogP contribution in [0, 0.1) is 5.92 Å². The van der Waals surface area contributed by atoms with Crippen LogP contribution in [0.5, 0.6) is 0 Å². The Morgan fingerprint density at radius 3 is 2.74 bits per heavy atom. The minimum absolute atomic E-state index is 0.162. The minimum atomic E-state index is -1.01. The van der Waals surface area contributed by atoms with E-state index in [0.29, 0.717) is 19.0 Å².